The highest BCUT2D eigenvalue weighted by atomic mass is 15.3. The van der Waals surface area contributed by atoms with Gasteiger partial charge in [-0.25, -0.2) is 4.99 Å². The summed E-state index contributed by atoms with van der Waals surface area (Å²) in [7, 11) is 0. The maximum atomic E-state index is 9.16. The van der Waals surface area contributed by atoms with Crippen molar-refractivity contribution in [2.75, 3.05) is 6.54 Å². The normalized spacial score (nSPS) is 24.5. The third kappa shape index (κ3) is 3.97. The molecule has 1 aliphatic heterocycles. The van der Waals surface area contributed by atoms with Crippen LogP contribution < -0.4 is 16.0 Å². The van der Waals surface area contributed by atoms with Crippen molar-refractivity contribution in [3.8, 4) is 6.07 Å². The van der Waals surface area contributed by atoms with Gasteiger partial charge in [0.25, 0.3) is 0 Å². The topological polar surface area (TPSA) is 72.2 Å². The fourth-order valence-corrected chi connectivity index (χ4v) is 2.58. The minimum absolute atomic E-state index is 0.129. The van der Waals surface area contributed by atoms with Gasteiger partial charge in [0.1, 0.15) is 17.5 Å². The van der Waals surface area contributed by atoms with Crippen LogP contribution in [0.15, 0.2) is 16.8 Å². The minimum atomic E-state index is -0.129. The first-order valence-corrected chi connectivity index (χ1v) is 7.28. The SMILES string of the molecule is CCNC1N=C(NC2CCCCCC2)C(C#N)=CN1. The number of hydrogen-bond donors (Lipinski definition) is 3. The highest BCUT2D eigenvalue weighted by Crippen LogP contribution is 2.18. The molecule has 0 bridgehead atoms. The number of nitrogens with one attached hydrogen (secondary N) is 3. The molecule has 5 nitrogen and oxygen atoms in total. The summed E-state index contributed by atoms with van der Waals surface area (Å²) in [5.74, 6) is 0.735. The number of nitrogens with zero attached hydrogens (tertiary/aromatic N) is 2. The molecule has 0 aromatic carbocycles. The first kappa shape index (κ1) is 13.9. The van der Waals surface area contributed by atoms with E-state index in [1.807, 2.05) is 6.92 Å². The number of rotatable bonds is 3. The van der Waals surface area contributed by atoms with E-state index in [4.69, 9.17) is 5.26 Å². The van der Waals surface area contributed by atoms with Crippen LogP contribution in [0.25, 0.3) is 0 Å². The molecule has 0 saturated heterocycles. The maximum Gasteiger partial charge on any atom is 0.175 e. The Bertz CT molecular complexity index is 385. The van der Waals surface area contributed by atoms with Gasteiger partial charge in [0.2, 0.25) is 0 Å². The third-order valence-corrected chi connectivity index (χ3v) is 3.61. The van der Waals surface area contributed by atoms with Crippen LogP contribution in [0, 0.1) is 11.3 Å². The summed E-state index contributed by atoms with van der Waals surface area (Å²) >= 11 is 0. The van der Waals surface area contributed by atoms with E-state index in [2.05, 4.69) is 27.0 Å². The zero-order valence-electron chi connectivity index (χ0n) is 11.6. The quantitative estimate of drug-likeness (QED) is 0.675. The molecule has 1 fully saturated rings. The molecule has 1 saturated carbocycles. The summed E-state index contributed by atoms with van der Waals surface area (Å²) in [5.41, 5.74) is 0.596. The van der Waals surface area contributed by atoms with Gasteiger partial charge in [0, 0.05) is 12.2 Å². The first-order valence-electron chi connectivity index (χ1n) is 7.28. The highest BCUT2D eigenvalue weighted by molar-refractivity contribution is 6.02. The van der Waals surface area contributed by atoms with E-state index in [1.165, 1.54) is 38.5 Å². The fraction of sp³-hybridized carbons (Fsp3) is 0.714. The second kappa shape index (κ2) is 7.15. The van der Waals surface area contributed by atoms with Crippen LogP contribution in [-0.4, -0.2) is 24.7 Å². The monoisotopic (exact) mass is 261 g/mol. The smallest absolute Gasteiger partial charge is 0.175 e. The number of hydrogen-bond acceptors (Lipinski definition) is 5. The van der Waals surface area contributed by atoms with Crippen molar-refractivity contribution in [1.29, 1.82) is 5.26 Å². The molecule has 2 rings (SSSR count). The summed E-state index contributed by atoms with van der Waals surface area (Å²) in [6.45, 7) is 2.88. The van der Waals surface area contributed by atoms with Gasteiger partial charge in [0.05, 0.1) is 0 Å². The summed E-state index contributed by atoms with van der Waals surface area (Å²) in [5, 5.41) is 18.9. The molecule has 104 valence electrons. The molecule has 1 heterocycles. The van der Waals surface area contributed by atoms with Crippen LogP contribution in [0.3, 0.4) is 0 Å². The molecular formula is C14H23N5. The van der Waals surface area contributed by atoms with Gasteiger partial charge < -0.3 is 10.6 Å². The van der Waals surface area contributed by atoms with Crippen LogP contribution in [0.1, 0.15) is 45.4 Å². The second-order valence-corrected chi connectivity index (χ2v) is 5.11. The molecular weight excluding hydrogens is 238 g/mol. The van der Waals surface area contributed by atoms with Gasteiger partial charge in [0.15, 0.2) is 6.29 Å². The average molecular weight is 261 g/mol. The van der Waals surface area contributed by atoms with Crippen LogP contribution in [0.2, 0.25) is 0 Å². The van der Waals surface area contributed by atoms with Crippen molar-refractivity contribution >= 4 is 5.84 Å². The van der Waals surface area contributed by atoms with Crippen molar-refractivity contribution < 1.29 is 0 Å². The van der Waals surface area contributed by atoms with Gasteiger partial charge in [-0.2, -0.15) is 5.26 Å². The molecule has 2 aliphatic rings. The third-order valence-electron chi connectivity index (χ3n) is 3.61. The molecule has 0 aromatic heterocycles. The van der Waals surface area contributed by atoms with Crippen LogP contribution in [-0.2, 0) is 0 Å². The fourth-order valence-electron chi connectivity index (χ4n) is 2.58. The van der Waals surface area contributed by atoms with Gasteiger partial charge in [-0.05, 0) is 19.4 Å². The molecule has 1 atom stereocenters. The molecule has 0 radical (unpaired) electrons. The van der Waals surface area contributed by atoms with Gasteiger partial charge in [-0.1, -0.05) is 32.6 Å². The molecule has 0 aromatic rings. The van der Waals surface area contributed by atoms with Crippen molar-refractivity contribution in [3.05, 3.63) is 11.8 Å². The Hall–Kier alpha value is -1.54. The molecule has 3 N–H and O–H groups in total. The maximum absolute atomic E-state index is 9.16. The molecule has 1 aliphatic carbocycles. The van der Waals surface area contributed by atoms with E-state index in [0.717, 1.165) is 12.4 Å². The molecule has 5 heteroatoms. The average Bonchev–Trinajstić information content (AvgIpc) is 2.68. The number of nitriles is 1. The van der Waals surface area contributed by atoms with E-state index in [0.29, 0.717) is 11.6 Å². The van der Waals surface area contributed by atoms with Crippen LogP contribution in [0.4, 0.5) is 0 Å². The van der Waals surface area contributed by atoms with Crippen molar-refractivity contribution in [2.45, 2.75) is 57.8 Å². The predicted molar refractivity (Wildman–Crippen MR) is 76.4 cm³/mol. The number of amidine groups is 1. The van der Waals surface area contributed by atoms with Crippen LogP contribution in [0.5, 0.6) is 0 Å². The Kier molecular flexibility index (Phi) is 5.22. The van der Waals surface area contributed by atoms with Gasteiger partial charge in [-0.15, -0.1) is 0 Å². The van der Waals surface area contributed by atoms with E-state index in [9.17, 15) is 0 Å². The minimum Gasteiger partial charge on any atom is -0.366 e. The molecule has 0 spiro atoms. The molecule has 0 amide bonds. The van der Waals surface area contributed by atoms with E-state index in [1.54, 1.807) is 6.20 Å². The lowest BCUT2D eigenvalue weighted by Gasteiger charge is -2.24. The van der Waals surface area contributed by atoms with Gasteiger partial charge in [-0.3, -0.25) is 5.32 Å². The Labute approximate surface area is 115 Å². The van der Waals surface area contributed by atoms with Crippen molar-refractivity contribution in [1.82, 2.24) is 16.0 Å². The number of aliphatic imine (C=N–C) groups is 1. The van der Waals surface area contributed by atoms with Gasteiger partial charge >= 0.3 is 0 Å². The van der Waals surface area contributed by atoms with E-state index in [-0.39, 0.29) is 6.29 Å². The van der Waals surface area contributed by atoms with Crippen molar-refractivity contribution in [3.63, 3.8) is 0 Å². The largest absolute Gasteiger partial charge is 0.366 e. The summed E-state index contributed by atoms with van der Waals surface area (Å²) in [4.78, 5) is 4.54. The molecule has 1 unspecified atom stereocenters. The first-order chi connectivity index (χ1) is 9.33. The molecule has 19 heavy (non-hydrogen) atoms. The second-order valence-electron chi connectivity index (χ2n) is 5.11. The zero-order chi connectivity index (χ0) is 13.5. The summed E-state index contributed by atoms with van der Waals surface area (Å²) in [6.07, 6.45) is 9.17. The Balaban J connectivity index is 2.01. The summed E-state index contributed by atoms with van der Waals surface area (Å²) in [6, 6.07) is 2.66. The Morgan fingerprint density at radius 3 is 2.74 bits per heavy atom. The van der Waals surface area contributed by atoms with Crippen LogP contribution >= 0.6 is 0 Å². The Morgan fingerprint density at radius 2 is 2.11 bits per heavy atom. The zero-order valence-corrected chi connectivity index (χ0v) is 11.6. The van der Waals surface area contributed by atoms with Crippen molar-refractivity contribution in [2.24, 2.45) is 4.99 Å². The summed E-state index contributed by atoms with van der Waals surface area (Å²) < 4.78 is 0. The lowest BCUT2D eigenvalue weighted by atomic mass is 10.1. The standard InChI is InChI=1S/C14H23N5/c1-2-16-14-17-10-11(9-15)13(19-14)18-12-7-5-3-4-6-8-12/h10,12,14,16-17H,2-8H2,1H3,(H,18,19). The van der Waals surface area contributed by atoms with E-state index < -0.39 is 0 Å². The Morgan fingerprint density at radius 1 is 1.37 bits per heavy atom. The highest BCUT2D eigenvalue weighted by Gasteiger charge is 2.20. The lowest BCUT2D eigenvalue weighted by Crippen LogP contribution is -2.46. The lowest BCUT2D eigenvalue weighted by molar-refractivity contribution is 0.485. The van der Waals surface area contributed by atoms with E-state index >= 15 is 0 Å². The predicted octanol–water partition coefficient (Wildman–Crippen LogP) is 1.60.